The van der Waals surface area contributed by atoms with Crippen LogP contribution in [0.4, 0.5) is 4.79 Å². The SMILES string of the molecule is CC(C)C(Cl)OC([O])=O. The van der Waals surface area contributed by atoms with E-state index in [9.17, 15) is 9.90 Å². The predicted molar refractivity (Wildman–Crippen MR) is 31.6 cm³/mol. The van der Waals surface area contributed by atoms with E-state index in [0.29, 0.717) is 0 Å². The molecule has 3 nitrogen and oxygen atoms in total. The highest BCUT2D eigenvalue weighted by Gasteiger charge is 2.14. The average molecular weight is 152 g/mol. The lowest BCUT2D eigenvalue weighted by atomic mass is 10.2. The minimum Gasteiger partial charge on any atom is -0.412 e. The molecule has 0 aromatic carbocycles. The molecule has 0 fully saturated rings. The maximum absolute atomic E-state index is 9.70. The fourth-order valence-electron chi connectivity index (χ4n) is 0.228. The molecule has 0 bridgehead atoms. The minimum absolute atomic E-state index is 0.0235. The Hall–Kier alpha value is -0.440. The van der Waals surface area contributed by atoms with Crippen molar-refractivity contribution in [3.63, 3.8) is 0 Å². The van der Waals surface area contributed by atoms with Crippen molar-refractivity contribution >= 4 is 17.8 Å². The minimum atomic E-state index is -1.58. The predicted octanol–water partition coefficient (Wildman–Crippen LogP) is 1.77. The highest BCUT2D eigenvalue weighted by Crippen LogP contribution is 2.10. The number of carbonyl (C=O) groups is 1. The van der Waals surface area contributed by atoms with Crippen LogP contribution in [0.1, 0.15) is 13.8 Å². The number of carbonyl (C=O) groups excluding carboxylic acids is 1. The maximum atomic E-state index is 9.70. The fraction of sp³-hybridized carbons (Fsp3) is 0.800. The van der Waals surface area contributed by atoms with E-state index in [1.165, 1.54) is 0 Å². The summed E-state index contributed by atoms with van der Waals surface area (Å²) in [6, 6.07) is 0. The number of halogens is 1. The summed E-state index contributed by atoms with van der Waals surface area (Å²) in [6.07, 6.45) is -1.58. The van der Waals surface area contributed by atoms with Crippen molar-refractivity contribution in [3.05, 3.63) is 0 Å². The lowest BCUT2D eigenvalue weighted by Gasteiger charge is -2.09. The first-order valence-corrected chi connectivity index (χ1v) is 2.99. The van der Waals surface area contributed by atoms with Gasteiger partial charge in [-0.3, -0.25) is 0 Å². The van der Waals surface area contributed by atoms with E-state index in [0.717, 1.165) is 0 Å². The molecular formula is C5H8ClO3. The molecule has 0 amide bonds. The number of rotatable bonds is 2. The van der Waals surface area contributed by atoms with E-state index in [1.807, 2.05) is 0 Å². The Morgan fingerprint density at radius 1 is 1.56 bits per heavy atom. The third-order valence-electron chi connectivity index (χ3n) is 0.733. The highest BCUT2D eigenvalue weighted by atomic mass is 35.5. The molecule has 0 aromatic heterocycles. The van der Waals surface area contributed by atoms with Crippen LogP contribution in [0.3, 0.4) is 0 Å². The van der Waals surface area contributed by atoms with Gasteiger partial charge in [0.15, 0.2) is 5.56 Å². The molecule has 0 saturated carbocycles. The molecule has 0 aliphatic rings. The molecule has 0 rings (SSSR count). The largest absolute Gasteiger partial charge is 0.551 e. The third-order valence-corrected chi connectivity index (χ3v) is 1.33. The third kappa shape index (κ3) is 4.09. The van der Waals surface area contributed by atoms with Crippen LogP contribution in [0.15, 0.2) is 0 Å². The lowest BCUT2D eigenvalue weighted by Crippen LogP contribution is -2.15. The van der Waals surface area contributed by atoms with Crippen LogP contribution in [0.2, 0.25) is 0 Å². The van der Waals surface area contributed by atoms with Gasteiger partial charge in [-0.05, 0) is 0 Å². The molecule has 0 aliphatic heterocycles. The standard InChI is InChI=1S/C5H8ClO3/c1-3(2)4(6)9-5(7)8/h3-4H,1-2H3. The summed E-state index contributed by atoms with van der Waals surface area (Å²) in [5, 5.41) is 9.70. The van der Waals surface area contributed by atoms with Crippen LogP contribution < -0.4 is 0 Å². The van der Waals surface area contributed by atoms with Gasteiger partial charge in [-0.15, -0.1) is 0 Å². The zero-order chi connectivity index (χ0) is 7.44. The molecule has 0 saturated heterocycles. The smallest absolute Gasteiger partial charge is 0.412 e. The van der Waals surface area contributed by atoms with Crippen molar-refractivity contribution in [1.82, 2.24) is 0 Å². The van der Waals surface area contributed by atoms with Crippen molar-refractivity contribution in [3.8, 4) is 0 Å². The monoisotopic (exact) mass is 151 g/mol. The first kappa shape index (κ1) is 8.56. The molecule has 4 heteroatoms. The molecule has 1 atom stereocenters. The number of alkyl halides is 1. The summed E-state index contributed by atoms with van der Waals surface area (Å²) < 4.78 is 4.08. The van der Waals surface area contributed by atoms with Gasteiger partial charge in [0.05, 0.1) is 0 Å². The van der Waals surface area contributed by atoms with Gasteiger partial charge >= 0.3 is 6.16 Å². The second-order valence-electron chi connectivity index (χ2n) is 1.96. The summed E-state index contributed by atoms with van der Waals surface area (Å²) in [5.74, 6) is -0.0235. The zero-order valence-corrected chi connectivity index (χ0v) is 6.01. The molecule has 53 valence electrons. The van der Waals surface area contributed by atoms with Gasteiger partial charge in [0.2, 0.25) is 0 Å². The van der Waals surface area contributed by atoms with Gasteiger partial charge < -0.3 is 4.74 Å². The fourth-order valence-corrected chi connectivity index (χ4v) is 0.301. The summed E-state index contributed by atoms with van der Waals surface area (Å²) in [5.41, 5.74) is -0.796. The van der Waals surface area contributed by atoms with E-state index >= 15 is 0 Å². The number of hydrogen-bond acceptors (Lipinski definition) is 2. The molecule has 1 radical (unpaired) electrons. The van der Waals surface area contributed by atoms with Gasteiger partial charge in [0, 0.05) is 5.92 Å². The van der Waals surface area contributed by atoms with Crippen molar-refractivity contribution in [2.45, 2.75) is 19.4 Å². The van der Waals surface area contributed by atoms with Gasteiger partial charge in [0.1, 0.15) is 0 Å². The van der Waals surface area contributed by atoms with Gasteiger partial charge in [-0.1, -0.05) is 25.4 Å². The summed E-state index contributed by atoms with van der Waals surface area (Å²) in [4.78, 5) is 9.70. The Morgan fingerprint density at radius 3 is 2.11 bits per heavy atom. The van der Waals surface area contributed by atoms with Crippen LogP contribution in [0.5, 0.6) is 0 Å². The average Bonchev–Trinajstić information content (AvgIpc) is 1.63. The van der Waals surface area contributed by atoms with E-state index in [4.69, 9.17) is 11.6 Å². The van der Waals surface area contributed by atoms with Crippen LogP contribution in [0.25, 0.3) is 0 Å². The summed E-state index contributed by atoms with van der Waals surface area (Å²) in [7, 11) is 0. The Balaban J connectivity index is 3.50. The molecule has 0 aromatic rings. The van der Waals surface area contributed by atoms with Crippen LogP contribution in [0, 0.1) is 5.92 Å². The Bertz CT molecular complexity index is 102. The normalized spacial score (nSPS) is 13.3. The van der Waals surface area contributed by atoms with Crippen LogP contribution in [-0.2, 0) is 9.84 Å². The molecular weight excluding hydrogens is 144 g/mol. The van der Waals surface area contributed by atoms with E-state index in [-0.39, 0.29) is 5.92 Å². The molecule has 0 heterocycles. The topological polar surface area (TPSA) is 46.2 Å². The summed E-state index contributed by atoms with van der Waals surface area (Å²) >= 11 is 5.37. The quantitative estimate of drug-likeness (QED) is 0.446. The van der Waals surface area contributed by atoms with Crippen molar-refractivity contribution < 1.29 is 14.6 Å². The first-order valence-electron chi connectivity index (χ1n) is 2.55. The lowest BCUT2D eigenvalue weighted by molar-refractivity contribution is 0.0449. The van der Waals surface area contributed by atoms with Crippen molar-refractivity contribution in [1.29, 1.82) is 0 Å². The van der Waals surface area contributed by atoms with Gasteiger partial charge in [0.25, 0.3) is 0 Å². The van der Waals surface area contributed by atoms with E-state index < -0.39 is 11.7 Å². The van der Waals surface area contributed by atoms with Crippen molar-refractivity contribution in [2.75, 3.05) is 0 Å². The van der Waals surface area contributed by atoms with Crippen LogP contribution >= 0.6 is 11.6 Å². The highest BCUT2D eigenvalue weighted by molar-refractivity contribution is 6.20. The molecule has 1 unspecified atom stereocenters. The summed E-state index contributed by atoms with van der Waals surface area (Å²) in [6.45, 7) is 3.50. The van der Waals surface area contributed by atoms with Gasteiger partial charge in [-0.25, -0.2) is 0 Å². The first-order chi connectivity index (χ1) is 4.04. The second-order valence-corrected chi connectivity index (χ2v) is 2.39. The number of hydrogen-bond donors (Lipinski definition) is 0. The van der Waals surface area contributed by atoms with E-state index in [1.54, 1.807) is 13.8 Å². The molecule has 0 N–H and O–H groups in total. The second kappa shape index (κ2) is 3.56. The Kier molecular flexibility index (Phi) is 3.39. The van der Waals surface area contributed by atoms with E-state index in [2.05, 4.69) is 4.74 Å². The Morgan fingerprint density at radius 2 is 2.00 bits per heavy atom. The zero-order valence-electron chi connectivity index (χ0n) is 5.26. The van der Waals surface area contributed by atoms with Gasteiger partial charge in [-0.2, -0.15) is 9.90 Å². The molecule has 9 heavy (non-hydrogen) atoms. The molecule has 0 aliphatic carbocycles. The van der Waals surface area contributed by atoms with Crippen molar-refractivity contribution in [2.24, 2.45) is 5.92 Å². The molecule has 0 spiro atoms. The number of ether oxygens (including phenoxy) is 1. The van der Waals surface area contributed by atoms with Crippen LogP contribution in [-0.4, -0.2) is 11.7 Å². The maximum Gasteiger partial charge on any atom is 0.551 e. The Labute approximate surface area is 58.6 Å².